The first-order valence-electron chi connectivity index (χ1n) is 6.66. The number of fused-ring (bicyclic) bond motifs is 1. The van der Waals surface area contributed by atoms with Crippen LogP contribution in [-0.2, 0) is 17.7 Å². The fourth-order valence-electron chi connectivity index (χ4n) is 2.19. The predicted molar refractivity (Wildman–Crippen MR) is 76.0 cm³/mol. The maximum atomic E-state index is 5.46. The smallest absolute Gasteiger partial charge is 0.0591 e. The number of rotatable bonds is 8. The van der Waals surface area contributed by atoms with E-state index in [1.807, 2.05) is 6.08 Å². The van der Waals surface area contributed by atoms with Gasteiger partial charge in [0.15, 0.2) is 0 Å². The van der Waals surface area contributed by atoms with E-state index >= 15 is 0 Å². The van der Waals surface area contributed by atoms with Crippen molar-refractivity contribution < 1.29 is 4.74 Å². The minimum atomic E-state index is 0.760. The molecule has 0 saturated carbocycles. The van der Waals surface area contributed by atoms with E-state index in [0.29, 0.717) is 0 Å². The van der Waals surface area contributed by atoms with Gasteiger partial charge >= 0.3 is 0 Å². The summed E-state index contributed by atoms with van der Waals surface area (Å²) < 4.78 is 5.46. The van der Waals surface area contributed by atoms with E-state index in [4.69, 9.17) is 4.74 Å². The molecule has 1 aliphatic rings. The lowest BCUT2D eigenvalue weighted by atomic mass is 10.1. The molecule has 2 N–H and O–H groups in total. The van der Waals surface area contributed by atoms with Gasteiger partial charge in [0.25, 0.3) is 0 Å². The summed E-state index contributed by atoms with van der Waals surface area (Å²) in [6.45, 7) is 8.06. The number of hydrogen-bond acceptors (Lipinski definition) is 3. The number of nitrogens with one attached hydrogen (secondary N) is 2. The Morgan fingerprint density at radius 1 is 1.39 bits per heavy atom. The molecular formula is C15H22N2O. The molecule has 0 radical (unpaired) electrons. The molecule has 1 aromatic rings. The van der Waals surface area contributed by atoms with Crippen LogP contribution in [-0.4, -0.2) is 26.3 Å². The van der Waals surface area contributed by atoms with Crippen molar-refractivity contribution in [2.75, 3.05) is 31.6 Å². The quantitative estimate of drug-likeness (QED) is 0.545. The van der Waals surface area contributed by atoms with Crippen LogP contribution < -0.4 is 10.6 Å². The van der Waals surface area contributed by atoms with E-state index in [9.17, 15) is 0 Å². The summed E-state index contributed by atoms with van der Waals surface area (Å²) in [5.41, 5.74) is 4.13. The molecule has 2 rings (SSSR count). The van der Waals surface area contributed by atoms with Gasteiger partial charge in [0, 0.05) is 25.3 Å². The van der Waals surface area contributed by atoms with Gasteiger partial charge in [-0.25, -0.2) is 0 Å². The van der Waals surface area contributed by atoms with Crippen LogP contribution in [0.2, 0.25) is 0 Å². The van der Waals surface area contributed by atoms with Gasteiger partial charge in [0.05, 0.1) is 13.2 Å². The van der Waals surface area contributed by atoms with Crippen LogP contribution in [0.25, 0.3) is 0 Å². The van der Waals surface area contributed by atoms with Gasteiger partial charge in [0.2, 0.25) is 0 Å². The van der Waals surface area contributed by atoms with E-state index < -0.39 is 0 Å². The fourth-order valence-corrected chi connectivity index (χ4v) is 2.19. The third-order valence-electron chi connectivity index (χ3n) is 3.14. The molecule has 0 bridgehead atoms. The molecule has 98 valence electrons. The Labute approximate surface area is 109 Å². The second-order valence-corrected chi connectivity index (χ2v) is 4.49. The maximum Gasteiger partial charge on any atom is 0.0591 e. The van der Waals surface area contributed by atoms with Gasteiger partial charge in [0.1, 0.15) is 0 Å². The van der Waals surface area contributed by atoms with Crippen LogP contribution in [0, 0.1) is 0 Å². The van der Waals surface area contributed by atoms with Gasteiger partial charge in [-0.3, -0.25) is 0 Å². The van der Waals surface area contributed by atoms with E-state index in [0.717, 1.165) is 45.7 Å². The zero-order valence-corrected chi connectivity index (χ0v) is 10.9. The molecule has 18 heavy (non-hydrogen) atoms. The highest BCUT2D eigenvalue weighted by Crippen LogP contribution is 2.25. The summed E-state index contributed by atoms with van der Waals surface area (Å²) in [4.78, 5) is 0. The Kier molecular flexibility index (Phi) is 5.24. The van der Waals surface area contributed by atoms with Gasteiger partial charge < -0.3 is 15.4 Å². The van der Waals surface area contributed by atoms with Crippen LogP contribution in [0.15, 0.2) is 30.9 Å². The van der Waals surface area contributed by atoms with Crippen molar-refractivity contribution in [1.29, 1.82) is 0 Å². The Morgan fingerprint density at radius 2 is 2.33 bits per heavy atom. The number of hydrogen-bond donors (Lipinski definition) is 2. The van der Waals surface area contributed by atoms with Crippen molar-refractivity contribution >= 4 is 5.69 Å². The van der Waals surface area contributed by atoms with Gasteiger partial charge in [-0.1, -0.05) is 24.3 Å². The molecule has 0 aliphatic carbocycles. The molecule has 3 heteroatoms. The molecule has 0 amide bonds. The second-order valence-electron chi connectivity index (χ2n) is 4.49. The largest absolute Gasteiger partial charge is 0.384 e. The van der Waals surface area contributed by atoms with Gasteiger partial charge in [-0.2, -0.15) is 0 Å². The zero-order valence-electron chi connectivity index (χ0n) is 10.9. The van der Waals surface area contributed by atoms with E-state index in [1.54, 1.807) is 0 Å². The average molecular weight is 246 g/mol. The first kappa shape index (κ1) is 13.1. The van der Waals surface area contributed by atoms with Crippen LogP contribution >= 0.6 is 0 Å². The summed E-state index contributed by atoms with van der Waals surface area (Å²) in [5, 5.41) is 6.87. The fraction of sp³-hybridized carbons (Fsp3) is 0.467. The molecule has 1 aliphatic heterocycles. The molecule has 3 nitrogen and oxygen atoms in total. The summed E-state index contributed by atoms with van der Waals surface area (Å²) in [7, 11) is 0. The highest BCUT2D eigenvalue weighted by Gasteiger charge is 2.12. The molecule has 0 aromatic heterocycles. The van der Waals surface area contributed by atoms with Crippen LogP contribution in [0.1, 0.15) is 17.5 Å². The first-order valence-corrected chi connectivity index (χ1v) is 6.66. The van der Waals surface area contributed by atoms with Crippen molar-refractivity contribution in [3.63, 3.8) is 0 Å². The number of para-hydroxylation sites is 1. The SMILES string of the molecule is C=CCCOCCNCc1cccc2c1NCC2. The monoisotopic (exact) mass is 246 g/mol. The Balaban J connectivity index is 1.68. The normalized spacial score (nSPS) is 13.1. The van der Waals surface area contributed by atoms with Crippen molar-refractivity contribution in [3.05, 3.63) is 42.0 Å². The summed E-state index contributed by atoms with van der Waals surface area (Å²) in [6.07, 6.45) is 3.95. The number of ether oxygens (including phenoxy) is 1. The first-order chi connectivity index (χ1) is 8.92. The standard InChI is InChI=1S/C15H22N2O/c1-2-3-10-18-11-9-16-12-14-6-4-5-13-7-8-17-15(13)14/h2,4-6,16-17H,1,3,7-12H2. The Bertz CT molecular complexity index is 390. The van der Waals surface area contributed by atoms with Crippen molar-refractivity contribution in [1.82, 2.24) is 5.32 Å². The topological polar surface area (TPSA) is 33.3 Å². The van der Waals surface area contributed by atoms with Gasteiger partial charge in [-0.05, 0) is 24.0 Å². The highest BCUT2D eigenvalue weighted by atomic mass is 16.5. The Morgan fingerprint density at radius 3 is 3.22 bits per heavy atom. The van der Waals surface area contributed by atoms with Crippen molar-refractivity contribution in [3.8, 4) is 0 Å². The van der Waals surface area contributed by atoms with E-state index in [1.165, 1.54) is 16.8 Å². The zero-order chi connectivity index (χ0) is 12.6. The second kappa shape index (κ2) is 7.19. The minimum Gasteiger partial charge on any atom is -0.384 e. The summed E-state index contributed by atoms with van der Waals surface area (Å²) >= 11 is 0. The molecule has 0 atom stereocenters. The average Bonchev–Trinajstić information content (AvgIpc) is 2.86. The van der Waals surface area contributed by atoms with Crippen LogP contribution in [0.3, 0.4) is 0 Å². The van der Waals surface area contributed by atoms with Crippen LogP contribution in [0.5, 0.6) is 0 Å². The molecule has 1 aromatic carbocycles. The summed E-state index contributed by atoms with van der Waals surface area (Å²) in [5.74, 6) is 0. The minimum absolute atomic E-state index is 0.760. The lowest BCUT2D eigenvalue weighted by molar-refractivity contribution is 0.140. The molecule has 0 unspecified atom stereocenters. The molecule has 1 heterocycles. The van der Waals surface area contributed by atoms with Crippen molar-refractivity contribution in [2.45, 2.75) is 19.4 Å². The molecule has 0 fully saturated rings. The molecule has 0 saturated heterocycles. The van der Waals surface area contributed by atoms with Crippen LogP contribution in [0.4, 0.5) is 5.69 Å². The van der Waals surface area contributed by atoms with E-state index in [2.05, 4.69) is 35.4 Å². The number of anilines is 1. The predicted octanol–water partition coefficient (Wildman–Crippen LogP) is 2.34. The lowest BCUT2D eigenvalue weighted by Gasteiger charge is -2.10. The highest BCUT2D eigenvalue weighted by molar-refractivity contribution is 5.61. The molecular weight excluding hydrogens is 224 g/mol. The van der Waals surface area contributed by atoms with Gasteiger partial charge in [-0.15, -0.1) is 6.58 Å². The van der Waals surface area contributed by atoms with Crippen molar-refractivity contribution in [2.24, 2.45) is 0 Å². The Hall–Kier alpha value is -1.32. The maximum absolute atomic E-state index is 5.46. The lowest BCUT2D eigenvalue weighted by Crippen LogP contribution is -2.20. The summed E-state index contributed by atoms with van der Waals surface area (Å²) in [6, 6.07) is 6.53. The number of benzene rings is 1. The van der Waals surface area contributed by atoms with E-state index in [-0.39, 0.29) is 0 Å². The third kappa shape index (κ3) is 3.59. The molecule has 0 spiro atoms. The third-order valence-corrected chi connectivity index (χ3v) is 3.14.